The molecule has 9 rings (SSSR count). The van der Waals surface area contributed by atoms with Crippen molar-refractivity contribution in [2.45, 2.75) is 24.0 Å². The molecule has 7 aromatic carbocycles. The van der Waals surface area contributed by atoms with Crippen LogP contribution in [0.4, 0.5) is 30.6 Å². The minimum Gasteiger partial charge on any atom is -0.497 e. The van der Waals surface area contributed by atoms with Gasteiger partial charge in [-0.2, -0.15) is 0 Å². The molecule has 0 fully saturated rings. The summed E-state index contributed by atoms with van der Waals surface area (Å²) in [7, 11) is 1.48. The average Bonchev–Trinajstić information content (AvgIpc) is 3.84. The second-order valence-electron chi connectivity index (χ2n) is 15.8. The van der Waals surface area contributed by atoms with Crippen LogP contribution in [0, 0.1) is 11.6 Å². The maximum atomic E-state index is 15.8. The maximum absolute atomic E-state index is 15.8. The quantitative estimate of drug-likeness (QED) is 0.0894. The number of para-hydroxylation sites is 2. The zero-order valence-corrected chi connectivity index (χ0v) is 36.0. The van der Waals surface area contributed by atoms with Crippen LogP contribution in [0.15, 0.2) is 164 Å². The summed E-state index contributed by atoms with van der Waals surface area (Å²) < 4.78 is 53.6. The van der Waals surface area contributed by atoms with E-state index in [2.05, 4.69) is 10.6 Å². The van der Waals surface area contributed by atoms with Crippen molar-refractivity contribution in [2.75, 3.05) is 29.3 Å². The van der Waals surface area contributed by atoms with Crippen molar-refractivity contribution in [1.29, 1.82) is 0 Å². The molecule has 0 spiro atoms. The summed E-state index contributed by atoms with van der Waals surface area (Å²) in [4.78, 5) is 69.8. The number of nitrogens with one attached hydrogen (secondary N) is 2. The summed E-state index contributed by atoms with van der Waals surface area (Å²) in [6.45, 7) is -0.353. The number of amides is 3. The molecule has 15 heteroatoms. The van der Waals surface area contributed by atoms with Gasteiger partial charge >= 0.3 is 18.0 Å². The van der Waals surface area contributed by atoms with E-state index in [0.29, 0.717) is 34.2 Å². The number of hydrogen-bond donors (Lipinski definition) is 3. The van der Waals surface area contributed by atoms with Crippen LogP contribution in [-0.4, -0.2) is 48.7 Å². The summed E-state index contributed by atoms with van der Waals surface area (Å²) in [5.41, 5.74) is -0.115. The van der Waals surface area contributed by atoms with Gasteiger partial charge in [-0.25, -0.2) is 23.2 Å². The van der Waals surface area contributed by atoms with E-state index in [4.69, 9.17) is 18.9 Å². The number of methoxy groups -OCH3 is 1. The molecule has 3 amide bonds. The van der Waals surface area contributed by atoms with E-state index >= 15 is 13.6 Å². The fraction of sp³-hybridized carbons (Fsp3) is 0.113. The van der Waals surface area contributed by atoms with Gasteiger partial charge in [-0.15, -0.1) is 0 Å². The molecule has 2 aliphatic heterocycles. The lowest BCUT2D eigenvalue weighted by Crippen LogP contribution is -2.46. The molecular weight excluding hydrogens is 877 g/mol. The third kappa shape index (κ3) is 8.21. The highest BCUT2D eigenvalue weighted by Crippen LogP contribution is 2.55. The monoisotopic (exact) mass is 915 g/mol. The smallest absolute Gasteiger partial charge is 0.417 e. The van der Waals surface area contributed by atoms with Gasteiger partial charge in [-0.05, 0) is 88.5 Å². The van der Waals surface area contributed by atoms with Crippen molar-refractivity contribution < 1.29 is 56.8 Å². The van der Waals surface area contributed by atoms with E-state index in [1.807, 2.05) is 30.3 Å². The van der Waals surface area contributed by atoms with Crippen LogP contribution < -0.4 is 29.7 Å². The number of fused-ring (bicyclic) bond motifs is 2. The number of anilines is 3. The molecule has 0 saturated carbocycles. The molecule has 0 saturated heterocycles. The summed E-state index contributed by atoms with van der Waals surface area (Å²) >= 11 is 0. The van der Waals surface area contributed by atoms with Crippen LogP contribution in [0.25, 0.3) is 0 Å². The number of carboxylic acids is 1. The Kier molecular flexibility index (Phi) is 12.1. The summed E-state index contributed by atoms with van der Waals surface area (Å²) in [5, 5.41) is 16.2. The van der Waals surface area contributed by atoms with Gasteiger partial charge in [0.2, 0.25) is 11.8 Å². The van der Waals surface area contributed by atoms with Gasteiger partial charge in [0.25, 0.3) is 0 Å². The molecule has 0 bridgehead atoms. The number of rotatable bonds is 14. The lowest BCUT2D eigenvalue weighted by Gasteiger charge is -2.33. The zero-order valence-electron chi connectivity index (χ0n) is 36.0. The average molecular weight is 916 g/mol. The largest absolute Gasteiger partial charge is 0.497 e. The van der Waals surface area contributed by atoms with Crippen LogP contribution in [0.2, 0.25) is 0 Å². The number of benzene rings is 7. The fourth-order valence-corrected chi connectivity index (χ4v) is 8.80. The molecule has 0 radical (unpaired) electrons. The van der Waals surface area contributed by atoms with Gasteiger partial charge in [0.15, 0.2) is 24.3 Å². The molecule has 3 atom stereocenters. The molecule has 0 aromatic heterocycles. The summed E-state index contributed by atoms with van der Waals surface area (Å²) in [5.74, 6) is -7.23. The highest BCUT2D eigenvalue weighted by molar-refractivity contribution is 6.16. The summed E-state index contributed by atoms with van der Waals surface area (Å²) in [6, 6.07) is 41.6. The van der Waals surface area contributed by atoms with Gasteiger partial charge in [-0.3, -0.25) is 19.8 Å². The van der Waals surface area contributed by atoms with Gasteiger partial charge in [0, 0.05) is 22.5 Å². The molecule has 13 nitrogen and oxygen atoms in total. The number of hydrogen-bond acceptors (Lipinski definition) is 9. The number of halogens is 2. The van der Waals surface area contributed by atoms with Gasteiger partial charge < -0.3 is 29.4 Å². The molecule has 0 aliphatic carbocycles. The SMILES string of the molecule is COc1ccc(C2(c3ccc(OCC(=O)OCc4ccccc4)cc3)C(=O)N(C(C(=O)O)c3cc(F)c(F)c4c3C(c3ccc(OC(=O)Nc5ccccc5)cc3)C(=O)N4)c3ccccc32)cc1. The standard InChI is InChI=1S/C53H39F2N3O10/c1-65-36-24-18-33(19-25-36)53(34-20-26-37(27-21-34)66-30-43(59)67-29-31-10-4-2-5-11-31)40-14-8-9-15-42(40)58(51(53)63)48(50(61)62)39-28-41(54)46(55)47-45(39)44(49(60)57-47)32-16-22-38(23-17-32)68-52(64)56-35-12-6-3-7-13-35/h2-28,44,48H,29-30H2,1H3,(H,56,64)(H,57,60)(H,61,62). The normalized spacial score (nSPS) is 16.2. The van der Waals surface area contributed by atoms with Crippen LogP contribution >= 0.6 is 0 Å². The second kappa shape index (κ2) is 18.6. The van der Waals surface area contributed by atoms with Crippen molar-refractivity contribution in [3.8, 4) is 17.2 Å². The minimum atomic E-state index is -2.03. The molecular formula is C53H39F2N3O10. The first-order valence-corrected chi connectivity index (χ1v) is 21.2. The molecule has 3 unspecified atom stereocenters. The third-order valence-corrected chi connectivity index (χ3v) is 11.8. The number of nitrogens with zero attached hydrogens (tertiary/aromatic N) is 1. The van der Waals surface area contributed by atoms with Crippen molar-refractivity contribution in [3.63, 3.8) is 0 Å². The zero-order chi connectivity index (χ0) is 47.5. The van der Waals surface area contributed by atoms with Gasteiger partial charge in [0.1, 0.15) is 29.3 Å². The fourth-order valence-electron chi connectivity index (χ4n) is 8.80. The second-order valence-corrected chi connectivity index (χ2v) is 15.8. The minimum absolute atomic E-state index is 0.0578. The number of ether oxygens (including phenoxy) is 4. The number of carbonyl (C=O) groups is 5. The first-order chi connectivity index (χ1) is 33.0. The Hall–Kier alpha value is -8.85. The molecule has 340 valence electrons. The Labute approximate surface area is 387 Å². The first-order valence-electron chi connectivity index (χ1n) is 21.2. The Morgan fingerprint density at radius 1 is 0.765 bits per heavy atom. The number of aliphatic carboxylic acids is 1. The Morgan fingerprint density at radius 2 is 1.37 bits per heavy atom. The summed E-state index contributed by atoms with van der Waals surface area (Å²) in [6.07, 6.45) is -0.792. The highest BCUT2D eigenvalue weighted by atomic mass is 19.2. The predicted molar refractivity (Wildman–Crippen MR) is 245 cm³/mol. The van der Waals surface area contributed by atoms with Crippen LogP contribution in [-0.2, 0) is 35.9 Å². The Morgan fingerprint density at radius 3 is 2.01 bits per heavy atom. The van der Waals surface area contributed by atoms with Crippen LogP contribution in [0.3, 0.4) is 0 Å². The van der Waals surface area contributed by atoms with Crippen LogP contribution in [0.5, 0.6) is 17.2 Å². The molecule has 3 N–H and O–H groups in total. The van der Waals surface area contributed by atoms with Crippen molar-refractivity contribution >= 4 is 46.9 Å². The van der Waals surface area contributed by atoms with Crippen LogP contribution in [0.1, 0.15) is 50.9 Å². The lowest BCUT2D eigenvalue weighted by atomic mass is 9.70. The topological polar surface area (TPSA) is 170 Å². The predicted octanol–water partition coefficient (Wildman–Crippen LogP) is 9.30. The third-order valence-electron chi connectivity index (χ3n) is 11.8. The van der Waals surface area contributed by atoms with Gasteiger partial charge in [-0.1, -0.05) is 103 Å². The number of carboxylic acid groups (broad SMARTS) is 1. The molecule has 2 aliphatic rings. The van der Waals surface area contributed by atoms with E-state index < -0.39 is 71.1 Å². The maximum Gasteiger partial charge on any atom is 0.417 e. The van der Waals surface area contributed by atoms with E-state index in [9.17, 15) is 24.3 Å². The van der Waals surface area contributed by atoms with E-state index in [0.717, 1.165) is 10.5 Å². The van der Waals surface area contributed by atoms with Crippen molar-refractivity contribution in [3.05, 3.63) is 214 Å². The van der Waals surface area contributed by atoms with Gasteiger partial charge in [0.05, 0.1) is 18.7 Å². The van der Waals surface area contributed by atoms with E-state index in [1.165, 1.54) is 31.4 Å². The van der Waals surface area contributed by atoms with E-state index in [1.54, 1.807) is 103 Å². The highest BCUT2D eigenvalue weighted by Gasteiger charge is 2.57. The molecule has 2 heterocycles. The Bertz CT molecular complexity index is 3060. The van der Waals surface area contributed by atoms with Crippen molar-refractivity contribution in [1.82, 2.24) is 0 Å². The van der Waals surface area contributed by atoms with Crippen molar-refractivity contribution in [2.24, 2.45) is 0 Å². The van der Waals surface area contributed by atoms with E-state index in [-0.39, 0.29) is 40.5 Å². The molecule has 68 heavy (non-hydrogen) atoms. The first kappa shape index (κ1) is 44.4. The number of carbonyl (C=O) groups excluding carboxylic acids is 4. The molecule has 7 aromatic rings. The number of esters is 1. The lowest BCUT2D eigenvalue weighted by molar-refractivity contribution is -0.147. The Balaban J connectivity index is 1.09.